The van der Waals surface area contributed by atoms with Crippen LogP contribution in [-0.4, -0.2) is 23.0 Å². The molecule has 0 bridgehead atoms. The fourth-order valence-corrected chi connectivity index (χ4v) is 1.83. The summed E-state index contributed by atoms with van der Waals surface area (Å²) in [7, 11) is 0. The lowest BCUT2D eigenvalue weighted by atomic mass is 9.99. The molecule has 1 rings (SSSR count). The molecular weight excluding hydrogens is 312 g/mol. The number of hydrogen-bond donors (Lipinski definition) is 3. The fraction of sp³-hybridized carbons (Fsp3) is 0.385. The minimum absolute atomic E-state index is 0.0569. The van der Waals surface area contributed by atoms with E-state index in [4.69, 9.17) is 10.8 Å². The average molecular weight is 329 g/mol. The van der Waals surface area contributed by atoms with E-state index in [1.165, 1.54) is 12.1 Å². The molecule has 0 fully saturated rings. The predicted octanol–water partition coefficient (Wildman–Crippen LogP) is 2.46. The van der Waals surface area contributed by atoms with Crippen molar-refractivity contribution in [2.75, 3.05) is 5.32 Å². The van der Waals surface area contributed by atoms with E-state index in [0.717, 1.165) is 6.42 Å². The van der Waals surface area contributed by atoms with Gasteiger partial charge in [0.1, 0.15) is 0 Å². The Bertz CT molecular complexity index is 491. The Morgan fingerprint density at radius 3 is 2.63 bits per heavy atom. The van der Waals surface area contributed by atoms with Crippen molar-refractivity contribution in [3.05, 3.63) is 28.2 Å². The Labute approximate surface area is 120 Å². The predicted molar refractivity (Wildman–Crippen MR) is 77.2 cm³/mol. The third-order valence-corrected chi connectivity index (χ3v) is 3.72. The van der Waals surface area contributed by atoms with Crippen molar-refractivity contribution in [2.24, 2.45) is 11.7 Å². The highest BCUT2D eigenvalue weighted by molar-refractivity contribution is 9.10. The highest BCUT2D eigenvalue weighted by atomic mass is 79.9. The Morgan fingerprint density at radius 1 is 1.47 bits per heavy atom. The lowest BCUT2D eigenvalue weighted by Crippen LogP contribution is -2.40. The maximum Gasteiger partial charge on any atom is 0.335 e. The first-order valence-electron chi connectivity index (χ1n) is 5.96. The largest absolute Gasteiger partial charge is 0.478 e. The molecule has 19 heavy (non-hydrogen) atoms. The molecule has 0 spiro atoms. The van der Waals surface area contributed by atoms with E-state index in [1.807, 2.05) is 13.8 Å². The van der Waals surface area contributed by atoms with E-state index in [-0.39, 0.29) is 17.4 Å². The van der Waals surface area contributed by atoms with Gasteiger partial charge >= 0.3 is 5.97 Å². The zero-order valence-corrected chi connectivity index (χ0v) is 12.4. The van der Waals surface area contributed by atoms with Crippen molar-refractivity contribution >= 4 is 33.5 Å². The van der Waals surface area contributed by atoms with E-state index in [1.54, 1.807) is 6.07 Å². The first-order chi connectivity index (χ1) is 8.86. The maximum atomic E-state index is 11.9. The molecule has 1 aromatic carbocycles. The van der Waals surface area contributed by atoms with Crippen LogP contribution >= 0.6 is 15.9 Å². The third kappa shape index (κ3) is 4.04. The normalized spacial score (nSPS) is 13.7. The number of nitrogens with one attached hydrogen (secondary N) is 1. The molecule has 104 valence electrons. The van der Waals surface area contributed by atoms with Gasteiger partial charge in [0.25, 0.3) is 0 Å². The van der Waals surface area contributed by atoms with E-state index in [2.05, 4.69) is 21.2 Å². The molecule has 0 saturated carbocycles. The first-order valence-corrected chi connectivity index (χ1v) is 6.75. The molecule has 2 atom stereocenters. The summed E-state index contributed by atoms with van der Waals surface area (Å²) in [6, 6.07) is 3.81. The smallest absolute Gasteiger partial charge is 0.335 e. The molecule has 0 aliphatic rings. The molecule has 1 unspecified atom stereocenters. The van der Waals surface area contributed by atoms with Crippen molar-refractivity contribution < 1.29 is 14.7 Å². The second-order valence-electron chi connectivity index (χ2n) is 4.40. The highest BCUT2D eigenvalue weighted by Crippen LogP contribution is 2.24. The van der Waals surface area contributed by atoms with Crippen LogP contribution in [-0.2, 0) is 4.79 Å². The number of carbonyl (C=O) groups is 2. The molecule has 1 amide bonds. The Morgan fingerprint density at radius 2 is 2.11 bits per heavy atom. The number of carbonyl (C=O) groups excluding carboxylic acids is 1. The minimum Gasteiger partial charge on any atom is -0.478 e. The van der Waals surface area contributed by atoms with Crippen molar-refractivity contribution in [1.29, 1.82) is 0 Å². The molecule has 4 N–H and O–H groups in total. The molecule has 5 nitrogen and oxygen atoms in total. The number of carboxylic acids is 1. The molecule has 0 aromatic heterocycles. The fourth-order valence-electron chi connectivity index (χ4n) is 1.48. The molecule has 1 aromatic rings. The molecular formula is C13H17BrN2O3. The molecule has 6 heteroatoms. The van der Waals surface area contributed by atoms with E-state index >= 15 is 0 Å². The van der Waals surface area contributed by atoms with Gasteiger partial charge in [0.05, 0.1) is 17.3 Å². The van der Waals surface area contributed by atoms with E-state index in [0.29, 0.717) is 10.2 Å². The van der Waals surface area contributed by atoms with Crippen LogP contribution in [0.15, 0.2) is 22.7 Å². The monoisotopic (exact) mass is 328 g/mol. The van der Waals surface area contributed by atoms with Crippen LogP contribution in [0.4, 0.5) is 5.69 Å². The lowest BCUT2D eigenvalue weighted by molar-refractivity contribution is -0.118. The average Bonchev–Trinajstić information content (AvgIpc) is 2.38. The SMILES string of the molecule is CCC(C)[C@H](N)C(=O)Nc1cc(C(=O)O)ccc1Br. The van der Waals surface area contributed by atoms with Crippen LogP contribution < -0.4 is 11.1 Å². The number of halogens is 1. The van der Waals surface area contributed by atoms with Crippen LogP contribution in [0.1, 0.15) is 30.6 Å². The van der Waals surface area contributed by atoms with Gasteiger partial charge in [-0.2, -0.15) is 0 Å². The summed E-state index contributed by atoms with van der Waals surface area (Å²) in [4.78, 5) is 22.8. The van der Waals surface area contributed by atoms with Gasteiger partial charge in [0.2, 0.25) is 5.91 Å². The number of rotatable bonds is 5. The van der Waals surface area contributed by atoms with Crippen LogP contribution in [0.25, 0.3) is 0 Å². The highest BCUT2D eigenvalue weighted by Gasteiger charge is 2.20. The van der Waals surface area contributed by atoms with Crippen LogP contribution in [0.5, 0.6) is 0 Å². The lowest BCUT2D eigenvalue weighted by Gasteiger charge is -2.18. The number of hydrogen-bond acceptors (Lipinski definition) is 3. The number of benzene rings is 1. The summed E-state index contributed by atoms with van der Waals surface area (Å²) in [5.74, 6) is -1.31. The van der Waals surface area contributed by atoms with Gasteiger partial charge < -0.3 is 16.2 Å². The van der Waals surface area contributed by atoms with Gasteiger partial charge in [-0.3, -0.25) is 4.79 Å². The standard InChI is InChI=1S/C13H17BrN2O3/c1-3-7(2)11(15)12(17)16-10-6-8(13(18)19)4-5-9(10)14/h4-7,11H,3,15H2,1-2H3,(H,16,17)(H,18,19)/t7?,11-/m0/s1. The zero-order chi connectivity index (χ0) is 14.6. The van der Waals surface area contributed by atoms with Crippen LogP contribution in [0.2, 0.25) is 0 Å². The molecule has 0 radical (unpaired) electrons. The van der Waals surface area contributed by atoms with Gasteiger partial charge in [0, 0.05) is 4.47 Å². The van der Waals surface area contributed by atoms with Gasteiger partial charge in [-0.15, -0.1) is 0 Å². The number of carboxylic acid groups (broad SMARTS) is 1. The Hall–Kier alpha value is -1.40. The van der Waals surface area contributed by atoms with Crippen molar-refractivity contribution in [2.45, 2.75) is 26.3 Å². The van der Waals surface area contributed by atoms with E-state index in [9.17, 15) is 9.59 Å². The van der Waals surface area contributed by atoms with Crippen molar-refractivity contribution in [3.63, 3.8) is 0 Å². The summed E-state index contributed by atoms with van der Waals surface area (Å²) >= 11 is 3.26. The Kier molecular flexibility index (Phi) is 5.50. The zero-order valence-electron chi connectivity index (χ0n) is 10.8. The molecule has 0 saturated heterocycles. The summed E-state index contributed by atoms with van der Waals surface area (Å²) in [5.41, 5.74) is 6.34. The quantitative estimate of drug-likeness (QED) is 0.774. The van der Waals surface area contributed by atoms with E-state index < -0.39 is 12.0 Å². The summed E-state index contributed by atoms with van der Waals surface area (Å²) in [6.07, 6.45) is 0.797. The number of nitrogens with two attached hydrogens (primary N) is 1. The number of amides is 1. The van der Waals surface area contributed by atoms with Crippen molar-refractivity contribution in [3.8, 4) is 0 Å². The molecule has 0 aliphatic heterocycles. The van der Waals surface area contributed by atoms with Gasteiger partial charge in [-0.05, 0) is 40.0 Å². The summed E-state index contributed by atoms with van der Waals surface area (Å²) in [5, 5.41) is 11.6. The van der Waals surface area contributed by atoms with Crippen molar-refractivity contribution in [1.82, 2.24) is 0 Å². The van der Waals surface area contributed by atoms with Crippen LogP contribution in [0.3, 0.4) is 0 Å². The summed E-state index contributed by atoms with van der Waals surface area (Å²) < 4.78 is 0.613. The van der Waals surface area contributed by atoms with Crippen LogP contribution in [0, 0.1) is 5.92 Å². The molecule has 0 heterocycles. The molecule has 0 aliphatic carbocycles. The number of aromatic carboxylic acids is 1. The Balaban J connectivity index is 2.90. The minimum atomic E-state index is -1.05. The second kappa shape index (κ2) is 6.68. The third-order valence-electron chi connectivity index (χ3n) is 3.03. The van der Waals surface area contributed by atoms with Gasteiger partial charge in [-0.1, -0.05) is 20.3 Å². The summed E-state index contributed by atoms with van der Waals surface area (Å²) in [6.45, 7) is 3.85. The second-order valence-corrected chi connectivity index (χ2v) is 5.25. The maximum absolute atomic E-state index is 11.9. The van der Waals surface area contributed by atoms with Gasteiger partial charge in [0.15, 0.2) is 0 Å². The van der Waals surface area contributed by atoms with Gasteiger partial charge in [-0.25, -0.2) is 4.79 Å². The number of anilines is 1. The topological polar surface area (TPSA) is 92.4 Å². The first kappa shape index (κ1) is 15.7.